The number of nitrogens with one attached hydrogen (secondary N) is 1. The fourth-order valence-electron chi connectivity index (χ4n) is 2.00. The van der Waals surface area contributed by atoms with Gasteiger partial charge in [-0.05, 0) is 19.1 Å². The van der Waals surface area contributed by atoms with Crippen molar-refractivity contribution in [2.24, 2.45) is 0 Å². The minimum absolute atomic E-state index is 0.206. The Morgan fingerprint density at radius 3 is 3.28 bits per heavy atom. The lowest BCUT2D eigenvalue weighted by Crippen LogP contribution is -2.56. The molecular formula is C12H16FN3O2. The summed E-state index contributed by atoms with van der Waals surface area (Å²) < 4.78 is 18.7. The molecule has 5 nitrogen and oxygen atoms in total. The topological polar surface area (TPSA) is 54.5 Å². The van der Waals surface area contributed by atoms with Crippen LogP contribution in [0.5, 0.6) is 0 Å². The van der Waals surface area contributed by atoms with E-state index in [4.69, 9.17) is 4.74 Å². The van der Waals surface area contributed by atoms with E-state index in [9.17, 15) is 9.18 Å². The third-order valence-electron chi connectivity index (χ3n) is 2.81. The first-order chi connectivity index (χ1) is 8.74. The summed E-state index contributed by atoms with van der Waals surface area (Å²) in [4.78, 5) is 17.5. The quantitative estimate of drug-likeness (QED) is 0.798. The summed E-state index contributed by atoms with van der Waals surface area (Å²) in [6.07, 6.45) is 1.52. The summed E-state index contributed by atoms with van der Waals surface area (Å²) >= 11 is 0. The molecule has 2 heterocycles. The lowest BCUT2D eigenvalue weighted by molar-refractivity contribution is -0.144. The first-order valence-corrected chi connectivity index (χ1v) is 5.98. The standard InChI is InChI=1S/C12H16FN3O2/c1-2-18-12(17)10-8-14-6-7-16(10)11-9(13)4-3-5-15-11/h3-5,10,14H,2,6-8H2,1H3. The van der Waals surface area contributed by atoms with Crippen LogP contribution in [0, 0.1) is 5.82 Å². The lowest BCUT2D eigenvalue weighted by atomic mass is 10.2. The zero-order valence-corrected chi connectivity index (χ0v) is 10.2. The van der Waals surface area contributed by atoms with E-state index in [1.54, 1.807) is 11.8 Å². The van der Waals surface area contributed by atoms with Gasteiger partial charge in [0.05, 0.1) is 6.61 Å². The van der Waals surface area contributed by atoms with Crippen LogP contribution in [0.1, 0.15) is 6.92 Å². The number of hydrogen-bond acceptors (Lipinski definition) is 5. The molecule has 1 aliphatic rings. The molecule has 0 aliphatic carbocycles. The van der Waals surface area contributed by atoms with Crippen molar-refractivity contribution in [2.45, 2.75) is 13.0 Å². The van der Waals surface area contributed by atoms with Crippen molar-refractivity contribution in [1.29, 1.82) is 0 Å². The summed E-state index contributed by atoms with van der Waals surface area (Å²) in [5.74, 6) is -0.569. The first kappa shape index (κ1) is 12.8. The van der Waals surface area contributed by atoms with Gasteiger partial charge in [-0.25, -0.2) is 14.2 Å². The van der Waals surface area contributed by atoms with Crippen molar-refractivity contribution in [3.8, 4) is 0 Å². The van der Waals surface area contributed by atoms with Gasteiger partial charge in [0.2, 0.25) is 0 Å². The molecule has 1 aliphatic heterocycles. The molecule has 1 unspecified atom stereocenters. The number of nitrogens with zero attached hydrogens (tertiary/aromatic N) is 2. The number of ether oxygens (including phenoxy) is 1. The van der Waals surface area contributed by atoms with Gasteiger partial charge in [-0.1, -0.05) is 0 Å². The summed E-state index contributed by atoms with van der Waals surface area (Å²) in [6.45, 7) is 3.71. The molecule has 1 fully saturated rings. The molecule has 1 atom stereocenters. The molecule has 0 radical (unpaired) electrons. The zero-order chi connectivity index (χ0) is 13.0. The third-order valence-corrected chi connectivity index (χ3v) is 2.81. The smallest absolute Gasteiger partial charge is 0.330 e. The van der Waals surface area contributed by atoms with Gasteiger partial charge in [0, 0.05) is 25.8 Å². The number of halogens is 1. The van der Waals surface area contributed by atoms with Gasteiger partial charge in [0.15, 0.2) is 11.6 Å². The van der Waals surface area contributed by atoms with Crippen LogP contribution in [-0.2, 0) is 9.53 Å². The van der Waals surface area contributed by atoms with Crippen LogP contribution in [0.25, 0.3) is 0 Å². The van der Waals surface area contributed by atoms with Crippen molar-refractivity contribution in [3.05, 3.63) is 24.1 Å². The zero-order valence-electron chi connectivity index (χ0n) is 10.2. The molecule has 6 heteroatoms. The maximum atomic E-state index is 13.7. The van der Waals surface area contributed by atoms with Gasteiger partial charge in [-0.15, -0.1) is 0 Å². The monoisotopic (exact) mass is 253 g/mol. The second-order valence-corrected chi connectivity index (χ2v) is 3.97. The maximum Gasteiger partial charge on any atom is 0.330 e. The van der Waals surface area contributed by atoms with Crippen LogP contribution < -0.4 is 10.2 Å². The fourth-order valence-corrected chi connectivity index (χ4v) is 2.00. The minimum Gasteiger partial charge on any atom is -0.464 e. The van der Waals surface area contributed by atoms with Crippen LogP contribution in [0.4, 0.5) is 10.2 Å². The number of anilines is 1. The SMILES string of the molecule is CCOC(=O)C1CNCCN1c1ncccc1F. The Morgan fingerprint density at radius 2 is 2.56 bits per heavy atom. The van der Waals surface area contributed by atoms with Crippen molar-refractivity contribution in [2.75, 3.05) is 31.1 Å². The molecule has 2 rings (SSSR count). The van der Waals surface area contributed by atoms with E-state index in [1.165, 1.54) is 18.3 Å². The normalized spacial score (nSPS) is 19.7. The summed E-state index contributed by atoms with van der Waals surface area (Å²) in [5.41, 5.74) is 0. The molecule has 0 aromatic carbocycles. The average Bonchev–Trinajstić information content (AvgIpc) is 2.40. The van der Waals surface area contributed by atoms with E-state index >= 15 is 0 Å². The summed E-state index contributed by atoms with van der Waals surface area (Å²) in [5, 5.41) is 3.10. The van der Waals surface area contributed by atoms with E-state index in [0.29, 0.717) is 26.2 Å². The Labute approximate surface area is 105 Å². The van der Waals surface area contributed by atoms with Crippen molar-refractivity contribution < 1.29 is 13.9 Å². The molecule has 0 bridgehead atoms. The summed E-state index contributed by atoms with van der Waals surface area (Å²) in [7, 11) is 0. The molecule has 1 aromatic rings. The van der Waals surface area contributed by atoms with Crippen molar-refractivity contribution in [1.82, 2.24) is 10.3 Å². The minimum atomic E-state index is -0.525. The second kappa shape index (κ2) is 5.77. The Balaban J connectivity index is 2.23. The van der Waals surface area contributed by atoms with Crippen LogP contribution in [0.2, 0.25) is 0 Å². The number of carbonyl (C=O) groups is 1. The van der Waals surface area contributed by atoms with Gasteiger partial charge in [-0.2, -0.15) is 0 Å². The van der Waals surface area contributed by atoms with Crippen LogP contribution in [0.3, 0.4) is 0 Å². The van der Waals surface area contributed by atoms with E-state index in [0.717, 1.165) is 0 Å². The summed E-state index contributed by atoms with van der Waals surface area (Å²) in [6, 6.07) is 2.34. The number of pyridine rings is 1. The number of piperazine rings is 1. The fraction of sp³-hybridized carbons (Fsp3) is 0.500. The van der Waals surface area contributed by atoms with Gasteiger partial charge in [-0.3, -0.25) is 0 Å². The third kappa shape index (κ3) is 2.59. The van der Waals surface area contributed by atoms with Crippen LogP contribution in [-0.4, -0.2) is 43.2 Å². The highest BCUT2D eigenvalue weighted by Gasteiger charge is 2.31. The largest absolute Gasteiger partial charge is 0.464 e. The Morgan fingerprint density at radius 1 is 1.72 bits per heavy atom. The highest BCUT2D eigenvalue weighted by molar-refractivity contribution is 5.80. The van der Waals surface area contributed by atoms with Crippen molar-refractivity contribution >= 4 is 11.8 Å². The number of rotatable bonds is 3. The average molecular weight is 253 g/mol. The Kier molecular flexibility index (Phi) is 4.09. The maximum absolute atomic E-state index is 13.7. The number of carbonyl (C=O) groups excluding carboxylic acids is 1. The molecular weight excluding hydrogens is 237 g/mol. The molecule has 98 valence electrons. The molecule has 0 saturated carbocycles. The van der Waals surface area contributed by atoms with Crippen molar-refractivity contribution in [3.63, 3.8) is 0 Å². The van der Waals surface area contributed by atoms with Gasteiger partial charge >= 0.3 is 5.97 Å². The van der Waals surface area contributed by atoms with E-state index in [2.05, 4.69) is 10.3 Å². The van der Waals surface area contributed by atoms with E-state index in [-0.39, 0.29) is 11.8 Å². The predicted octanol–water partition coefficient (Wildman–Crippen LogP) is 0.562. The molecule has 1 saturated heterocycles. The van der Waals surface area contributed by atoms with Gasteiger partial charge in [0.1, 0.15) is 6.04 Å². The highest BCUT2D eigenvalue weighted by Crippen LogP contribution is 2.19. The number of hydrogen-bond donors (Lipinski definition) is 1. The second-order valence-electron chi connectivity index (χ2n) is 3.97. The molecule has 1 N–H and O–H groups in total. The first-order valence-electron chi connectivity index (χ1n) is 5.98. The number of aromatic nitrogens is 1. The highest BCUT2D eigenvalue weighted by atomic mass is 19.1. The molecule has 0 spiro atoms. The van der Waals surface area contributed by atoms with Crippen LogP contribution in [0.15, 0.2) is 18.3 Å². The molecule has 18 heavy (non-hydrogen) atoms. The molecule has 0 amide bonds. The lowest BCUT2D eigenvalue weighted by Gasteiger charge is -2.35. The predicted molar refractivity (Wildman–Crippen MR) is 64.8 cm³/mol. The number of esters is 1. The van der Waals surface area contributed by atoms with Gasteiger partial charge in [0.25, 0.3) is 0 Å². The van der Waals surface area contributed by atoms with E-state index in [1.807, 2.05) is 0 Å². The molecule has 1 aromatic heterocycles. The van der Waals surface area contributed by atoms with E-state index < -0.39 is 11.9 Å². The Bertz CT molecular complexity index is 428. The van der Waals surface area contributed by atoms with Crippen LogP contribution >= 0.6 is 0 Å². The van der Waals surface area contributed by atoms with Gasteiger partial charge < -0.3 is 15.0 Å². The Hall–Kier alpha value is -1.69.